The van der Waals surface area contributed by atoms with E-state index in [-0.39, 0.29) is 12.0 Å². The van der Waals surface area contributed by atoms with Crippen molar-refractivity contribution in [1.29, 1.82) is 5.26 Å². The summed E-state index contributed by atoms with van der Waals surface area (Å²) in [6, 6.07) is 7.70. The smallest absolute Gasteiger partial charge is 0.410 e. The maximum Gasteiger partial charge on any atom is 0.410 e. The maximum atomic E-state index is 12.2. The number of piperidine rings is 1. The lowest BCUT2D eigenvalue weighted by Crippen LogP contribution is -2.41. The summed E-state index contributed by atoms with van der Waals surface area (Å²) in [4.78, 5) is 18.7. The van der Waals surface area contributed by atoms with Crippen LogP contribution in [0.5, 0.6) is 0 Å². The number of H-pyrrole nitrogens is 1. The Morgan fingerprint density at radius 2 is 2.07 bits per heavy atom. The first-order chi connectivity index (χ1) is 13.2. The molecule has 1 aliphatic heterocycles. The Hall–Kier alpha value is -3.08. The van der Waals surface area contributed by atoms with Crippen molar-refractivity contribution in [2.45, 2.75) is 52.1 Å². The average Bonchev–Trinajstić information content (AvgIpc) is 3.05. The molecule has 0 unspecified atom stereocenters. The molecule has 28 heavy (non-hydrogen) atoms. The molecule has 8 nitrogen and oxygen atoms in total. The molecular weight excluding hydrogens is 356 g/mol. The molecule has 1 aliphatic rings. The van der Waals surface area contributed by atoms with E-state index in [1.165, 1.54) is 0 Å². The molecule has 0 spiro atoms. The zero-order chi connectivity index (χ0) is 20.3. The third-order valence-electron chi connectivity index (χ3n) is 4.55. The quantitative estimate of drug-likeness (QED) is 0.835. The standard InChI is InChI=1S/C20H26N6O2/c1-13-11-17(25-24-13)23-18-15(12-21)5-6-16(22-18)14-7-9-26(10-8-14)19(27)28-20(2,3)4/h5-6,11,14H,7-10H2,1-4H3,(H2,22,23,24,25). The van der Waals surface area contributed by atoms with E-state index in [1.807, 2.05) is 39.8 Å². The summed E-state index contributed by atoms with van der Waals surface area (Å²) in [6.07, 6.45) is 1.34. The number of aryl methyl sites for hydroxylation is 1. The van der Waals surface area contributed by atoms with Gasteiger partial charge in [-0.3, -0.25) is 5.10 Å². The third kappa shape index (κ3) is 4.80. The predicted molar refractivity (Wildman–Crippen MR) is 105 cm³/mol. The first-order valence-corrected chi connectivity index (χ1v) is 9.43. The van der Waals surface area contributed by atoms with Gasteiger partial charge in [-0.05, 0) is 52.7 Å². The van der Waals surface area contributed by atoms with Crippen LogP contribution in [0, 0.1) is 18.3 Å². The van der Waals surface area contributed by atoms with Crippen LogP contribution in [0.25, 0.3) is 0 Å². The van der Waals surface area contributed by atoms with Gasteiger partial charge in [0.1, 0.15) is 17.5 Å². The third-order valence-corrected chi connectivity index (χ3v) is 4.55. The number of carbonyl (C=O) groups excluding carboxylic acids is 1. The van der Waals surface area contributed by atoms with Gasteiger partial charge in [0.15, 0.2) is 5.82 Å². The number of anilines is 2. The van der Waals surface area contributed by atoms with Crippen LogP contribution in [0.3, 0.4) is 0 Å². The van der Waals surface area contributed by atoms with Crippen LogP contribution >= 0.6 is 0 Å². The number of nitrogens with one attached hydrogen (secondary N) is 2. The second kappa shape index (κ2) is 7.89. The van der Waals surface area contributed by atoms with Crippen LogP contribution < -0.4 is 5.32 Å². The Balaban J connectivity index is 1.69. The number of aromatic nitrogens is 3. The van der Waals surface area contributed by atoms with Crippen molar-refractivity contribution >= 4 is 17.7 Å². The Kier molecular flexibility index (Phi) is 5.54. The molecule has 0 aliphatic carbocycles. The SMILES string of the molecule is Cc1cc(Nc2nc(C3CCN(C(=O)OC(C)(C)C)CC3)ccc2C#N)n[nH]1. The number of hydrogen-bond donors (Lipinski definition) is 2. The zero-order valence-electron chi connectivity index (χ0n) is 16.7. The normalized spacial score (nSPS) is 15.2. The summed E-state index contributed by atoms with van der Waals surface area (Å²) in [5, 5.41) is 19.5. The topological polar surface area (TPSA) is 107 Å². The van der Waals surface area contributed by atoms with Crippen LogP contribution in [0.15, 0.2) is 18.2 Å². The van der Waals surface area contributed by atoms with Gasteiger partial charge < -0.3 is 15.0 Å². The van der Waals surface area contributed by atoms with Crippen LogP contribution in [0.2, 0.25) is 0 Å². The van der Waals surface area contributed by atoms with E-state index < -0.39 is 5.60 Å². The highest BCUT2D eigenvalue weighted by Gasteiger charge is 2.28. The van der Waals surface area contributed by atoms with Gasteiger partial charge in [-0.1, -0.05) is 0 Å². The molecule has 1 saturated heterocycles. The van der Waals surface area contributed by atoms with Gasteiger partial charge in [0, 0.05) is 36.5 Å². The number of ether oxygens (including phenoxy) is 1. The number of carbonyl (C=O) groups is 1. The molecule has 2 aromatic heterocycles. The predicted octanol–water partition coefficient (Wildman–Crippen LogP) is 3.84. The molecule has 8 heteroatoms. The number of pyridine rings is 1. The Bertz CT molecular complexity index is 885. The molecule has 1 fully saturated rings. The van der Waals surface area contributed by atoms with Crippen LogP contribution in [0.4, 0.5) is 16.4 Å². The minimum absolute atomic E-state index is 0.230. The molecule has 0 aromatic carbocycles. The fraction of sp³-hybridized carbons (Fsp3) is 0.500. The summed E-state index contributed by atoms with van der Waals surface area (Å²) in [5.41, 5.74) is 1.81. The molecule has 2 aromatic rings. The fourth-order valence-electron chi connectivity index (χ4n) is 3.17. The minimum Gasteiger partial charge on any atom is -0.444 e. The van der Waals surface area contributed by atoms with E-state index in [4.69, 9.17) is 4.74 Å². The summed E-state index contributed by atoms with van der Waals surface area (Å²) < 4.78 is 5.45. The molecule has 0 saturated carbocycles. The number of nitrogens with zero attached hydrogens (tertiary/aromatic N) is 4. The summed E-state index contributed by atoms with van der Waals surface area (Å²) in [6.45, 7) is 8.77. The van der Waals surface area contributed by atoms with Crippen molar-refractivity contribution < 1.29 is 9.53 Å². The maximum absolute atomic E-state index is 12.2. The molecular formula is C20H26N6O2. The number of aromatic amines is 1. The average molecular weight is 382 g/mol. The highest BCUT2D eigenvalue weighted by Crippen LogP contribution is 2.30. The molecule has 0 bridgehead atoms. The van der Waals surface area contributed by atoms with E-state index in [0.29, 0.717) is 30.3 Å². The van der Waals surface area contributed by atoms with Crippen molar-refractivity contribution in [3.63, 3.8) is 0 Å². The lowest BCUT2D eigenvalue weighted by molar-refractivity contribution is 0.0204. The number of rotatable bonds is 3. The van der Waals surface area contributed by atoms with Crippen LogP contribution in [0.1, 0.15) is 56.5 Å². The molecule has 3 rings (SSSR count). The zero-order valence-corrected chi connectivity index (χ0v) is 16.7. The Morgan fingerprint density at radius 3 is 2.64 bits per heavy atom. The first-order valence-electron chi connectivity index (χ1n) is 9.43. The molecule has 148 valence electrons. The van der Waals surface area contributed by atoms with E-state index in [0.717, 1.165) is 24.2 Å². The van der Waals surface area contributed by atoms with Gasteiger partial charge >= 0.3 is 6.09 Å². The van der Waals surface area contributed by atoms with Crippen molar-refractivity contribution in [3.05, 3.63) is 35.2 Å². The van der Waals surface area contributed by atoms with Gasteiger partial charge in [0.2, 0.25) is 0 Å². The Morgan fingerprint density at radius 1 is 1.36 bits per heavy atom. The van der Waals surface area contributed by atoms with Gasteiger partial charge in [0.25, 0.3) is 0 Å². The van der Waals surface area contributed by atoms with E-state index >= 15 is 0 Å². The van der Waals surface area contributed by atoms with Gasteiger partial charge in [-0.15, -0.1) is 0 Å². The minimum atomic E-state index is -0.492. The summed E-state index contributed by atoms with van der Waals surface area (Å²) >= 11 is 0. The van der Waals surface area contributed by atoms with Crippen molar-refractivity contribution in [2.24, 2.45) is 0 Å². The second-order valence-corrected chi connectivity index (χ2v) is 8.05. The van der Waals surface area contributed by atoms with E-state index in [2.05, 4.69) is 26.6 Å². The second-order valence-electron chi connectivity index (χ2n) is 8.05. The highest BCUT2D eigenvalue weighted by atomic mass is 16.6. The van der Waals surface area contributed by atoms with E-state index in [9.17, 15) is 10.1 Å². The highest BCUT2D eigenvalue weighted by molar-refractivity contribution is 5.68. The van der Waals surface area contributed by atoms with Gasteiger partial charge in [0.05, 0.1) is 5.56 Å². The number of likely N-dealkylation sites (tertiary alicyclic amines) is 1. The van der Waals surface area contributed by atoms with Gasteiger partial charge in [-0.25, -0.2) is 9.78 Å². The number of hydrogen-bond acceptors (Lipinski definition) is 6. The van der Waals surface area contributed by atoms with Crippen LogP contribution in [-0.2, 0) is 4.74 Å². The molecule has 3 heterocycles. The van der Waals surface area contributed by atoms with Crippen LogP contribution in [-0.4, -0.2) is 44.9 Å². The molecule has 2 N–H and O–H groups in total. The Labute approximate surface area is 164 Å². The van der Waals surface area contributed by atoms with Crippen molar-refractivity contribution in [1.82, 2.24) is 20.1 Å². The van der Waals surface area contributed by atoms with Crippen molar-refractivity contribution in [3.8, 4) is 6.07 Å². The van der Waals surface area contributed by atoms with Gasteiger partial charge in [-0.2, -0.15) is 10.4 Å². The molecule has 0 radical (unpaired) electrons. The molecule has 0 atom stereocenters. The first kappa shape index (κ1) is 19.7. The lowest BCUT2D eigenvalue weighted by Gasteiger charge is -2.33. The monoisotopic (exact) mass is 382 g/mol. The molecule has 1 amide bonds. The largest absolute Gasteiger partial charge is 0.444 e. The number of nitriles is 1. The lowest BCUT2D eigenvalue weighted by atomic mass is 9.93. The summed E-state index contributed by atoms with van der Waals surface area (Å²) in [7, 11) is 0. The number of amides is 1. The van der Waals surface area contributed by atoms with E-state index in [1.54, 1.807) is 11.0 Å². The van der Waals surface area contributed by atoms with Crippen molar-refractivity contribution in [2.75, 3.05) is 18.4 Å². The summed E-state index contributed by atoms with van der Waals surface area (Å²) in [5.74, 6) is 1.35. The fourth-order valence-corrected chi connectivity index (χ4v) is 3.17.